The minimum Gasteiger partial charge on any atom is -0.355 e. The van der Waals surface area contributed by atoms with E-state index < -0.39 is 0 Å². The zero-order valence-electron chi connectivity index (χ0n) is 15.2. The summed E-state index contributed by atoms with van der Waals surface area (Å²) in [6, 6.07) is 0. The highest BCUT2D eigenvalue weighted by atomic mass is 127. The highest BCUT2D eigenvalue weighted by Gasteiger charge is 2.30. The van der Waals surface area contributed by atoms with Gasteiger partial charge in [0.2, 0.25) is 0 Å². The number of halogens is 1. The quantitative estimate of drug-likeness (QED) is 0.380. The monoisotopic (exact) mass is 454 g/mol. The second-order valence-corrected chi connectivity index (χ2v) is 8.86. The van der Waals surface area contributed by atoms with Gasteiger partial charge in [-0.2, -0.15) is 11.8 Å². The summed E-state index contributed by atoms with van der Waals surface area (Å²) in [6.07, 6.45) is 5.41. The molecule has 2 rings (SSSR count). The minimum atomic E-state index is 0. The van der Waals surface area contributed by atoms with E-state index in [-0.39, 0.29) is 29.5 Å². The highest BCUT2D eigenvalue weighted by Crippen LogP contribution is 2.25. The van der Waals surface area contributed by atoms with Gasteiger partial charge >= 0.3 is 0 Å². The molecule has 0 aromatic rings. The van der Waals surface area contributed by atoms with Gasteiger partial charge < -0.3 is 10.6 Å². The van der Waals surface area contributed by atoms with Gasteiger partial charge in [0.25, 0.3) is 0 Å². The maximum atomic E-state index is 4.38. The summed E-state index contributed by atoms with van der Waals surface area (Å²) >= 11 is 2.09. The molecule has 0 radical (unpaired) electrons. The Labute approximate surface area is 164 Å². The second-order valence-electron chi connectivity index (χ2n) is 7.45. The van der Waals surface area contributed by atoms with E-state index in [9.17, 15) is 0 Å². The van der Waals surface area contributed by atoms with Crippen LogP contribution in [-0.4, -0.2) is 60.6 Å². The van der Waals surface area contributed by atoms with Gasteiger partial charge in [0.15, 0.2) is 5.96 Å². The Balaban J connectivity index is 0.00000264. The summed E-state index contributed by atoms with van der Waals surface area (Å²) in [4.78, 5) is 7.01. The van der Waals surface area contributed by atoms with Crippen molar-refractivity contribution in [3.63, 3.8) is 0 Å². The van der Waals surface area contributed by atoms with Crippen molar-refractivity contribution in [2.24, 2.45) is 10.9 Å². The zero-order valence-corrected chi connectivity index (χ0v) is 18.4. The van der Waals surface area contributed by atoms with Crippen LogP contribution in [0, 0.1) is 5.92 Å². The normalized spacial score (nSPS) is 26.7. The molecule has 2 unspecified atom stereocenters. The number of hydrogen-bond acceptors (Lipinski definition) is 3. The number of rotatable bonds is 5. The number of guanidine groups is 1. The first-order valence-electron chi connectivity index (χ1n) is 8.82. The lowest BCUT2D eigenvalue weighted by molar-refractivity contribution is 0.0739. The topological polar surface area (TPSA) is 39.7 Å². The average Bonchev–Trinajstić information content (AvgIpc) is 3.01. The fourth-order valence-corrected chi connectivity index (χ4v) is 4.59. The molecular weight excluding hydrogens is 419 g/mol. The first-order chi connectivity index (χ1) is 10.5. The van der Waals surface area contributed by atoms with Crippen molar-refractivity contribution in [1.29, 1.82) is 0 Å². The molecule has 2 aliphatic heterocycles. The zero-order chi connectivity index (χ0) is 16.0. The van der Waals surface area contributed by atoms with Crippen molar-refractivity contribution in [3.05, 3.63) is 0 Å². The molecular formula is C17H35IN4S. The summed E-state index contributed by atoms with van der Waals surface area (Å²) in [5.41, 5.74) is 0.175. The first-order valence-corrected chi connectivity index (χ1v) is 9.87. The Hall–Kier alpha value is 0.310. The van der Waals surface area contributed by atoms with Crippen LogP contribution in [0.4, 0.5) is 0 Å². The number of hydrogen-bond donors (Lipinski definition) is 2. The molecule has 23 heavy (non-hydrogen) atoms. The van der Waals surface area contributed by atoms with E-state index in [2.05, 4.69) is 53.1 Å². The SMILES string of the molecule is CN=C(NCC1CCCS1)NCC(C)(C)N1CCCC(C)C1.I. The molecule has 2 atom stereocenters. The third-order valence-electron chi connectivity index (χ3n) is 4.95. The molecule has 0 bridgehead atoms. The third kappa shape index (κ3) is 6.98. The van der Waals surface area contributed by atoms with Crippen molar-refractivity contribution in [3.8, 4) is 0 Å². The van der Waals surface area contributed by atoms with Crippen LogP contribution in [0.3, 0.4) is 0 Å². The predicted molar refractivity (Wildman–Crippen MR) is 114 cm³/mol. The van der Waals surface area contributed by atoms with Gasteiger partial charge in [-0.25, -0.2) is 0 Å². The Bertz CT molecular complexity index is 370. The van der Waals surface area contributed by atoms with Crippen molar-refractivity contribution in [2.45, 2.75) is 57.2 Å². The number of likely N-dealkylation sites (tertiary alicyclic amines) is 1. The van der Waals surface area contributed by atoms with Crippen molar-refractivity contribution >= 4 is 41.7 Å². The standard InChI is InChI=1S/C17H34N4S.HI/c1-14-7-5-9-21(12-14)17(2,3)13-20-16(18-4)19-11-15-8-6-10-22-15;/h14-15H,5-13H2,1-4H3,(H2,18,19,20);1H. The molecule has 6 heteroatoms. The molecule has 4 nitrogen and oxygen atoms in total. The lowest BCUT2D eigenvalue weighted by Gasteiger charge is -2.43. The van der Waals surface area contributed by atoms with E-state index in [1.165, 1.54) is 44.5 Å². The van der Waals surface area contributed by atoms with E-state index in [4.69, 9.17) is 0 Å². The summed E-state index contributed by atoms with van der Waals surface area (Å²) in [6.45, 7) is 11.5. The van der Waals surface area contributed by atoms with Crippen LogP contribution in [-0.2, 0) is 0 Å². The van der Waals surface area contributed by atoms with E-state index in [1.807, 2.05) is 7.05 Å². The fourth-order valence-electron chi connectivity index (χ4n) is 3.39. The molecule has 2 heterocycles. The summed E-state index contributed by atoms with van der Waals surface area (Å²) in [5.74, 6) is 3.09. The minimum absolute atomic E-state index is 0. The number of nitrogens with zero attached hydrogens (tertiary/aromatic N) is 2. The lowest BCUT2D eigenvalue weighted by atomic mass is 9.93. The van der Waals surface area contributed by atoms with E-state index in [0.717, 1.165) is 30.2 Å². The van der Waals surface area contributed by atoms with Crippen LogP contribution in [0.15, 0.2) is 4.99 Å². The highest BCUT2D eigenvalue weighted by molar-refractivity contribution is 14.0. The summed E-state index contributed by atoms with van der Waals surface area (Å²) in [5, 5.41) is 7.79. The van der Waals surface area contributed by atoms with Crippen molar-refractivity contribution < 1.29 is 0 Å². The van der Waals surface area contributed by atoms with Crippen LogP contribution >= 0.6 is 35.7 Å². The number of nitrogens with one attached hydrogen (secondary N) is 2. The molecule has 2 fully saturated rings. The van der Waals surface area contributed by atoms with Crippen LogP contribution in [0.5, 0.6) is 0 Å². The van der Waals surface area contributed by atoms with Gasteiger partial charge in [-0.15, -0.1) is 24.0 Å². The van der Waals surface area contributed by atoms with Crippen LogP contribution in [0.1, 0.15) is 46.5 Å². The molecule has 2 aliphatic rings. The van der Waals surface area contributed by atoms with Gasteiger partial charge in [0.05, 0.1) is 0 Å². The molecule has 2 saturated heterocycles. The average molecular weight is 454 g/mol. The van der Waals surface area contributed by atoms with E-state index >= 15 is 0 Å². The smallest absolute Gasteiger partial charge is 0.191 e. The molecule has 0 aromatic carbocycles. The number of aliphatic imine (C=N–C) groups is 1. The largest absolute Gasteiger partial charge is 0.355 e. The van der Waals surface area contributed by atoms with Gasteiger partial charge in [-0.3, -0.25) is 9.89 Å². The lowest BCUT2D eigenvalue weighted by Crippen LogP contribution is -2.56. The molecule has 2 N–H and O–H groups in total. The summed E-state index contributed by atoms with van der Waals surface area (Å²) in [7, 11) is 1.87. The van der Waals surface area contributed by atoms with Crippen LogP contribution < -0.4 is 10.6 Å². The number of piperidine rings is 1. The molecule has 0 amide bonds. The van der Waals surface area contributed by atoms with Crippen LogP contribution in [0.25, 0.3) is 0 Å². The first kappa shape index (κ1) is 21.4. The van der Waals surface area contributed by atoms with Crippen molar-refractivity contribution in [1.82, 2.24) is 15.5 Å². The van der Waals surface area contributed by atoms with E-state index in [1.54, 1.807) is 0 Å². The van der Waals surface area contributed by atoms with Gasteiger partial charge in [0, 0.05) is 37.5 Å². The van der Waals surface area contributed by atoms with Gasteiger partial charge in [0.1, 0.15) is 0 Å². The molecule has 0 saturated carbocycles. The molecule has 136 valence electrons. The van der Waals surface area contributed by atoms with Gasteiger partial charge in [-0.1, -0.05) is 6.92 Å². The Morgan fingerprint density at radius 3 is 2.65 bits per heavy atom. The molecule has 0 aliphatic carbocycles. The number of thioether (sulfide) groups is 1. The second kappa shape index (κ2) is 10.3. The molecule has 0 spiro atoms. The maximum Gasteiger partial charge on any atom is 0.191 e. The Morgan fingerprint density at radius 1 is 1.26 bits per heavy atom. The van der Waals surface area contributed by atoms with Crippen LogP contribution in [0.2, 0.25) is 0 Å². The fraction of sp³-hybridized carbons (Fsp3) is 0.941. The third-order valence-corrected chi connectivity index (χ3v) is 6.34. The van der Waals surface area contributed by atoms with Gasteiger partial charge in [-0.05, 0) is 57.7 Å². The molecule has 0 aromatic heterocycles. The Kier molecular flexibility index (Phi) is 9.59. The van der Waals surface area contributed by atoms with Crippen molar-refractivity contribution in [2.75, 3.05) is 39.0 Å². The predicted octanol–water partition coefficient (Wildman–Crippen LogP) is 3.18. The maximum absolute atomic E-state index is 4.38. The summed E-state index contributed by atoms with van der Waals surface area (Å²) < 4.78 is 0. The van der Waals surface area contributed by atoms with E-state index in [0.29, 0.717) is 0 Å². The Morgan fingerprint density at radius 2 is 2.04 bits per heavy atom.